The van der Waals surface area contributed by atoms with Crippen molar-refractivity contribution in [2.24, 2.45) is 0 Å². The van der Waals surface area contributed by atoms with E-state index in [0.717, 1.165) is 56.9 Å². The highest BCUT2D eigenvalue weighted by Gasteiger charge is 2.22. The Bertz CT molecular complexity index is 819. The molecule has 1 aromatic carbocycles. The molecule has 162 valence electrons. The van der Waals surface area contributed by atoms with Gasteiger partial charge in [-0.15, -0.1) is 11.3 Å². The van der Waals surface area contributed by atoms with E-state index in [1.54, 1.807) is 6.92 Å². The van der Waals surface area contributed by atoms with Gasteiger partial charge in [-0.05, 0) is 32.0 Å². The van der Waals surface area contributed by atoms with Crippen molar-refractivity contribution in [3.8, 4) is 11.1 Å². The highest BCUT2D eigenvalue weighted by Crippen LogP contribution is 2.36. The van der Waals surface area contributed by atoms with Gasteiger partial charge < -0.3 is 20.1 Å². The number of thiophene rings is 1. The molecule has 1 aliphatic heterocycles. The van der Waals surface area contributed by atoms with Crippen LogP contribution in [0.1, 0.15) is 23.7 Å². The summed E-state index contributed by atoms with van der Waals surface area (Å²) in [5, 5.41) is 8.45. The molecule has 7 nitrogen and oxygen atoms in total. The number of benzene rings is 1. The van der Waals surface area contributed by atoms with E-state index in [0.29, 0.717) is 10.6 Å². The summed E-state index contributed by atoms with van der Waals surface area (Å²) in [6.45, 7) is 7.54. The van der Waals surface area contributed by atoms with Gasteiger partial charge in [0.2, 0.25) is 5.91 Å². The van der Waals surface area contributed by atoms with Crippen LogP contribution in [-0.2, 0) is 14.3 Å². The number of carbonyl (C=O) groups excluding carboxylic acids is 2. The summed E-state index contributed by atoms with van der Waals surface area (Å²) in [5.41, 5.74) is 2.10. The van der Waals surface area contributed by atoms with Crippen LogP contribution in [0.15, 0.2) is 35.7 Å². The molecule has 2 heterocycles. The molecule has 1 aliphatic rings. The van der Waals surface area contributed by atoms with Gasteiger partial charge in [0.15, 0.2) is 0 Å². The number of rotatable bonds is 10. The molecular weight excluding hydrogens is 402 g/mol. The first-order valence-corrected chi connectivity index (χ1v) is 11.2. The van der Waals surface area contributed by atoms with Crippen molar-refractivity contribution in [2.75, 3.05) is 57.9 Å². The molecule has 0 bridgehead atoms. The third-order valence-corrected chi connectivity index (χ3v) is 5.72. The lowest BCUT2D eigenvalue weighted by Gasteiger charge is -2.26. The highest BCUT2D eigenvalue weighted by atomic mass is 32.1. The molecular formula is C22H29N3O4S. The van der Waals surface area contributed by atoms with Gasteiger partial charge in [-0.1, -0.05) is 30.3 Å². The molecule has 2 aromatic rings. The number of hydrogen-bond acceptors (Lipinski definition) is 7. The van der Waals surface area contributed by atoms with Gasteiger partial charge in [0, 0.05) is 24.0 Å². The Hall–Kier alpha value is -2.26. The van der Waals surface area contributed by atoms with E-state index in [2.05, 4.69) is 15.5 Å². The second kappa shape index (κ2) is 11.8. The first kappa shape index (κ1) is 22.4. The number of nitrogens with zero attached hydrogens (tertiary/aromatic N) is 1. The molecule has 0 aliphatic carbocycles. The Labute approximate surface area is 181 Å². The molecule has 0 unspecified atom stereocenters. The summed E-state index contributed by atoms with van der Waals surface area (Å²) < 4.78 is 10.6. The smallest absolute Gasteiger partial charge is 0.341 e. The molecule has 0 spiro atoms. The van der Waals surface area contributed by atoms with Gasteiger partial charge in [0.05, 0.1) is 26.4 Å². The first-order valence-electron chi connectivity index (χ1n) is 10.3. The molecule has 0 saturated carbocycles. The van der Waals surface area contributed by atoms with E-state index in [4.69, 9.17) is 9.47 Å². The number of nitrogens with one attached hydrogen (secondary N) is 2. The van der Waals surface area contributed by atoms with Crippen LogP contribution in [0.25, 0.3) is 11.1 Å². The van der Waals surface area contributed by atoms with Crippen molar-refractivity contribution in [3.05, 3.63) is 41.3 Å². The number of ether oxygens (including phenoxy) is 2. The standard InChI is InChI=1S/C22H29N3O4S/c1-2-29-22(27)20-18(17-7-4-3-5-8-17)16-30-21(20)24-19(26)15-23-9-6-10-25-11-13-28-14-12-25/h3-5,7-8,16,23H,2,6,9-15H2,1H3,(H,24,26). The summed E-state index contributed by atoms with van der Waals surface area (Å²) >= 11 is 1.34. The van der Waals surface area contributed by atoms with Crippen LogP contribution in [0.3, 0.4) is 0 Å². The van der Waals surface area contributed by atoms with E-state index in [-0.39, 0.29) is 19.1 Å². The zero-order valence-corrected chi connectivity index (χ0v) is 18.1. The zero-order valence-electron chi connectivity index (χ0n) is 17.3. The Morgan fingerprint density at radius 2 is 1.97 bits per heavy atom. The SMILES string of the molecule is CCOC(=O)c1c(-c2ccccc2)csc1NC(=O)CNCCCN1CCOCC1. The minimum Gasteiger partial charge on any atom is -0.462 e. The summed E-state index contributed by atoms with van der Waals surface area (Å²) in [6, 6.07) is 9.63. The summed E-state index contributed by atoms with van der Waals surface area (Å²) in [6.07, 6.45) is 0.971. The predicted molar refractivity (Wildman–Crippen MR) is 119 cm³/mol. The molecule has 2 N–H and O–H groups in total. The Kier molecular flexibility index (Phi) is 8.82. The second-order valence-electron chi connectivity index (χ2n) is 6.97. The number of esters is 1. The van der Waals surface area contributed by atoms with Crippen LogP contribution in [0.5, 0.6) is 0 Å². The van der Waals surface area contributed by atoms with Crippen LogP contribution in [-0.4, -0.2) is 69.3 Å². The van der Waals surface area contributed by atoms with Crippen molar-refractivity contribution in [1.29, 1.82) is 0 Å². The van der Waals surface area contributed by atoms with E-state index in [1.807, 2.05) is 35.7 Å². The third kappa shape index (κ3) is 6.37. The number of hydrogen-bond donors (Lipinski definition) is 2. The van der Waals surface area contributed by atoms with E-state index in [1.165, 1.54) is 11.3 Å². The second-order valence-corrected chi connectivity index (χ2v) is 7.85. The topological polar surface area (TPSA) is 79.9 Å². The van der Waals surface area contributed by atoms with E-state index >= 15 is 0 Å². The minimum atomic E-state index is -0.425. The number of amides is 1. The number of anilines is 1. The fourth-order valence-electron chi connectivity index (χ4n) is 3.31. The summed E-state index contributed by atoms with van der Waals surface area (Å²) in [7, 11) is 0. The van der Waals surface area contributed by atoms with Gasteiger partial charge in [0.1, 0.15) is 10.6 Å². The fourth-order valence-corrected chi connectivity index (χ4v) is 4.28. The largest absolute Gasteiger partial charge is 0.462 e. The van der Waals surface area contributed by atoms with Crippen molar-refractivity contribution < 1.29 is 19.1 Å². The third-order valence-electron chi connectivity index (χ3n) is 4.83. The lowest BCUT2D eigenvalue weighted by Crippen LogP contribution is -2.38. The Balaban J connectivity index is 1.54. The van der Waals surface area contributed by atoms with Gasteiger partial charge in [-0.2, -0.15) is 0 Å². The zero-order chi connectivity index (χ0) is 21.2. The Morgan fingerprint density at radius 1 is 1.20 bits per heavy atom. The van der Waals surface area contributed by atoms with Crippen molar-refractivity contribution in [2.45, 2.75) is 13.3 Å². The average molecular weight is 432 g/mol. The quantitative estimate of drug-likeness (QED) is 0.445. The molecule has 1 saturated heterocycles. The van der Waals surface area contributed by atoms with Crippen molar-refractivity contribution >= 4 is 28.2 Å². The summed E-state index contributed by atoms with van der Waals surface area (Å²) in [4.78, 5) is 27.3. The van der Waals surface area contributed by atoms with Crippen LogP contribution in [0.2, 0.25) is 0 Å². The lowest BCUT2D eigenvalue weighted by molar-refractivity contribution is -0.115. The molecule has 8 heteroatoms. The van der Waals surface area contributed by atoms with E-state index < -0.39 is 5.97 Å². The van der Waals surface area contributed by atoms with Crippen LogP contribution in [0.4, 0.5) is 5.00 Å². The molecule has 1 fully saturated rings. The number of morpholine rings is 1. The molecule has 1 aromatic heterocycles. The van der Waals surface area contributed by atoms with Gasteiger partial charge in [-0.3, -0.25) is 9.69 Å². The maximum Gasteiger partial charge on any atom is 0.341 e. The van der Waals surface area contributed by atoms with E-state index in [9.17, 15) is 9.59 Å². The first-order chi connectivity index (χ1) is 14.7. The van der Waals surface area contributed by atoms with Crippen LogP contribution in [0, 0.1) is 0 Å². The van der Waals surface area contributed by atoms with Crippen LogP contribution >= 0.6 is 11.3 Å². The lowest BCUT2D eigenvalue weighted by atomic mass is 10.0. The fraction of sp³-hybridized carbons (Fsp3) is 0.455. The average Bonchev–Trinajstić information content (AvgIpc) is 3.18. The van der Waals surface area contributed by atoms with Gasteiger partial charge >= 0.3 is 5.97 Å². The predicted octanol–water partition coefficient (Wildman–Crippen LogP) is 2.84. The maximum absolute atomic E-state index is 12.6. The highest BCUT2D eigenvalue weighted by molar-refractivity contribution is 7.15. The minimum absolute atomic E-state index is 0.173. The van der Waals surface area contributed by atoms with Gasteiger partial charge in [0.25, 0.3) is 0 Å². The summed E-state index contributed by atoms with van der Waals surface area (Å²) in [5.74, 6) is -0.597. The molecule has 30 heavy (non-hydrogen) atoms. The van der Waals surface area contributed by atoms with Crippen LogP contribution < -0.4 is 10.6 Å². The molecule has 1 amide bonds. The molecule has 0 radical (unpaired) electrons. The van der Waals surface area contributed by atoms with Gasteiger partial charge in [-0.25, -0.2) is 4.79 Å². The van der Waals surface area contributed by atoms with Crippen molar-refractivity contribution in [3.63, 3.8) is 0 Å². The maximum atomic E-state index is 12.6. The number of carbonyl (C=O) groups is 2. The molecule has 0 atom stereocenters. The Morgan fingerprint density at radius 3 is 2.70 bits per heavy atom. The molecule has 3 rings (SSSR count). The van der Waals surface area contributed by atoms with Crippen molar-refractivity contribution in [1.82, 2.24) is 10.2 Å². The monoisotopic (exact) mass is 431 g/mol. The normalized spacial score (nSPS) is 14.4.